The molecular weight excluding hydrogens is 340 g/mol. The number of carbonyl (C=O) groups is 1. The quantitative estimate of drug-likeness (QED) is 0.604. The van der Waals surface area contributed by atoms with Crippen molar-refractivity contribution in [2.45, 2.75) is 20.0 Å². The standard InChI is InChI=1S/C21H24N4O2/c1-17-7-2-5-10-20(17)27-14-12-22-21(26)23-15-18-8-3-4-9-19(18)16-25-13-6-11-24-25/h2-11,13H,12,14-16H2,1H3,(H2,22,23,26). The number of rotatable bonds is 8. The Bertz CT molecular complexity index is 862. The zero-order chi connectivity index (χ0) is 18.9. The summed E-state index contributed by atoms with van der Waals surface area (Å²) in [6, 6.07) is 17.5. The average Bonchev–Trinajstić information content (AvgIpc) is 3.19. The van der Waals surface area contributed by atoms with Crippen LogP contribution in [0.15, 0.2) is 67.0 Å². The number of para-hydroxylation sites is 1. The molecule has 0 unspecified atom stereocenters. The fraction of sp³-hybridized carbons (Fsp3) is 0.238. The molecule has 0 saturated heterocycles. The predicted octanol–water partition coefficient (Wildman–Crippen LogP) is 3.12. The molecule has 0 aliphatic heterocycles. The van der Waals surface area contributed by atoms with Gasteiger partial charge >= 0.3 is 6.03 Å². The number of aryl methyl sites for hydroxylation is 1. The van der Waals surface area contributed by atoms with Gasteiger partial charge in [0.25, 0.3) is 0 Å². The summed E-state index contributed by atoms with van der Waals surface area (Å²) < 4.78 is 7.54. The summed E-state index contributed by atoms with van der Waals surface area (Å²) in [5.74, 6) is 0.840. The number of aromatic nitrogens is 2. The van der Waals surface area contributed by atoms with E-state index in [-0.39, 0.29) is 6.03 Å². The first-order valence-electron chi connectivity index (χ1n) is 8.97. The number of nitrogens with one attached hydrogen (secondary N) is 2. The maximum absolute atomic E-state index is 12.0. The van der Waals surface area contributed by atoms with Gasteiger partial charge in [0.2, 0.25) is 0 Å². The van der Waals surface area contributed by atoms with E-state index >= 15 is 0 Å². The van der Waals surface area contributed by atoms with E-state index in [0.29, 0.717) is 26.2 Å². The van der Waals surface area contributed by atoms with Crippen LogP contribution >= 0.6 is 0 Å². The fourth-order valence-electron chi connectivity index (χ4n) is 2.73. The van der Waals surface area contributed by atoms with Crippen LogP contribution in [0.25, 0.3) is 0 Å². The van der Waals surface area contributed by atoms with Crippen molar-refractivity contribution in [3.63, 3.8) is 0 Å². The molecule has 3 rings (SSSR count). The van der Waals surface area contributed by atoms with Crippen molar-refractivity contribution in [2.24, 2.45) is 0 Å². The first kappa shape index (κ1) is 18.5. The third-order valence-corrected chi connectivity index (χ3v) is 4.19. The zero-order valence-corrected chi connectivity index (χ0v) is 15.4. The Morgan fingerprint density at radius 3 is 2.59 bits per heavy atom. The summed E-state index contributed by atoms with van der Waals surface area (Å²) >= 11 is 0. The van der Waals surface area contributed by atoms with Gasteiger partial charge in [0.15, 0.2) is 0 Å². The van der Waals surface area contributed by atoms with E-state index in [1.807, 2.05) is 72.4 Å². The average molecular weight is 364 g/mol. The number of urea groups is 1. The monoisotopic (exact) mass is 364 g/mol. The second-order valence-electron chi connectivity index (χ2n) is 6.20. The Morgan fingerprint density at radius 2 is 1.81 bits per heavy atom. The molecule has 0 atom stereocenters. The van der Waals surface area contributed by atoms with Crippen molar-refractivity contribution in [3.05, 3.63) is 83.7 Å². The Balaban J connectivity index is 1.42. The Morgan fingerprint density at radius 1 is 1.04 bits per heavy atom. The van der Waals surface area contributed by atoms with E-state index in [2.05, 4.69) is 15.7 Å². The predicted molar refractivity (Wildman–Crippen MR) is 105 cm³/mol. The molecule has 0 radical (unpaired) electrons. The van der Waals surface area contributed by atoms with Gasteiger partial charge in [0.1, 0.15) is 12.4 Å². The zero-order valence-electron chi connectivity index (χ0n) is 15.4. The number of nitrogens with zero attached hydrogens (tertiary/aromatic N) is 2. The minimum Gasteiger partial charge on any atom is -0.491 e. The minimum atomic E-state index is -0.211. The van der Waals surface area contributed by atoms with E-state index in [1.54, 1.807) is 6.20 Å². The summed E-state index contributed by atoms with van der Waals surface area (Å²) in [6.07, 6.45) is 3.68. The number of carbonyl (C=O) groups excluding carboxylic acids is 1. The van der Waals surface area contributed by atoms with E-state index in [9.17, 15) is 4.79 Å². The second-order valence-corrected chi connectivity index (χ2v) is 6.20. The summed E-state index contributed by atoms with van der Waals surface area (Å²) in [5, 5.41) is 9.94. The second kappa shape index (κ2) is 9.43. The van der Waals surface area contributed by atoms with E-state index in [0.717, 1.165) is 22.4 Å². The summed E-state index contributed by atoms with van der Waals surface area (Å²) in [5.41, 5.74) is 3.28. The molecule has 0 bridgehead atoms. The van der Waals surface area contributed by atoms with Crippen LogP contribution in [0.5, 0.6) is 5.75 Å². The molecule has 2 aromatic carbocycles. The number of benzene rings is 2. The third-order valence-electron chi connectivity index (χ3n) is 4.19. The Hall–Kier alpha value is -3.28. The number of hydrogen-bond acceptors (Lipinski definition) is 3. The van der Waals surface area contributed by atoms with E-state index in [1.165, 1.54) is 0 Å². The summed E-state index contributed by atoms with van der Waals surface area (Å²) in [6.45, 7) is 4.00. The van der Waals surface area contributed by atoms with Crippen molar-refractivity contribution in [3.8, 4) is 5.75 Å². The molecule has 27 heavy (non-hydrogen) atoms. The highest BCUT2D eigenvalue weighted by atomic mass is 16.5. The molecule has 1 aromatic heterocycles. The maximum atomic E-state index is 12.0. The molecule has 0 aliphatic rings. The topological polar surface area (TPSA) is 68.2 Å². The van der Waals surface area contributed by atoms with Crippen LogP contribution in [0.4, 0.5) is 4.79 Å². The van der Waals surface area contributed by atoms with Crippen molar-refractivity contribution >= 4 is 6.03 Å². The van der Waals surface area contributed by atoms with Gasteiger partial charge < -0.3 is 15.4 Å². The lowest BCUT2D eigenvalue weighted by Crippen LogP contribution is -2.37. The normalized spacial score (nSPS) is 10.4. The van der Waals surface area contributed by atoms with Crippen LogP contribution in [0, 0.1) is 6.92 Å². The maximum Gasteiger partial charge on any atom is 0.315 e. The molecule has 1 heterocycles. The van der Waals surface area contributed by atoms with Gasteiger partial charge in [-0.05, 0) is 35.7 Å². The SMILES string of the molecule is Cc1ccccc1OCCNC(=O)NCc1ccccc1Cn1cccn1. The number of hydrogen-bond donors (Lipinski definition) is 2. The molecule has 0 saturated carbocycles. The smallest absolute Gasteiger partial charge is 0.315 e. The van der Waals surface area contributed by atoms with Gasteiger partial charge in [0.05, 0.1) is 13.1 Å². The first-order chi connectivity index (χ1) is 13.2. The van der Waals surface area contributed by atoms with Crippen LogP contribution in [-0.4, -0.2) is 29.0 Å². The molecule has 0 spiro atoms. The lowest BCUT2D eigenvalue weighted by molar-refractivity contribution is 0.236. The molecule has 3 aromatic rings. The Labute approximate surface area is 159 Å². The van der Waals surface area contributed by atoms with Gasteiger partial charge in [-0.1, -0.05) is 42.5 Å². The first-order valence-corrected chi connectivity index (χ1v) is 8.97. The Kier molecular flexibility index (Phi) is 6.46. The largest absolute Gasteiger partial charge is 0.491 e. The lowest BCUT2D eigenvalue weighted by atomic mass is 10.1. The van der Waals surface area contributed by atoms with Gasteiger partial charge in [-0.3, -0.25) is 4.68 Å². The molecule has 140 valence electrons. The molecule has 6 heteroatoms. The van der Waals surface area contributed by atoms with Crippen molar-refractivity contribution in [1.29, 1.82) is 0 Å². The van der Waals surface area contributed by atoms with Crippen LogP contribution in [0.1, 0.15) is 16.7 Å². The highest BCUT2D eigenvalue weighted by molar-refractivity contribution is 5.73. The molecule has 6 nitrogen and oxygen atoms in total. The summed E-state index contributed by atoms with van der Waals surface area (Å²) in [4.78, 5) is 12.0. The van der Waals surface area contributed by atoms with Crippen molar-refractivity contribution in [1.82, 2.24) is 20.4 Å². The van der Waals surface area contributed by atoms with Crippen LogP contribution in [0.3, 0.4) is 0 Å². The molecule has 0 fully saturated rings. The fourth-order valence-corrected chi connectivity index (χ4v) is 2.73. The van der Waals surface area contributed by atoms with Crippen molar-refractivity contribution < 1.29 is 9.53 Å². The lowest BCUT2D eigenvalue weighted by Gasteiger charge is -2.12. The minimum absolute atomic E-state index is 0.211. The van der Waals surface area contributed by atoms with Gasteiger partial charge in [-0.25, -0.2) is 4.79 Å². The molecule has 2 amide bonds. The molecule has 0 aliphatic carbocycles. The van der Waals surface area contributed by atoms with Crippen molar-refractivity contribution in [2.75, 3.05) is 13.2 Å². The molecular formula is C21H24N4O2. The molecule has 2 N–H and O–H groups in total. The third kappa shape index (κ3) is 5.60. The van der Waals surface area contributed by atoms with Crippen LogP contribution < -0.4 is 15.4 Å². The number of amides is 2. The van der Waals surface area contributed by atoms with Crippen LogP contribution in [0.2, 0.25) is 0 Å². The van der Waals surface area contributed by atoms with Gasteiger partial charge in [0, 0.05) is 18.9 Å². The highest BCUT2D eigenvalue weighted by Crippen LogP contribution is 2.15. The van der Waals surface area contributed by atoms with E-state index in [4.69, 9.17) is 4.74 Å². The summed E-state index contributed by atoms with van der Waals surface area (Å²) in [7, 11) is 0. The van der Waals surface area contributed by atoms with Gasteiger partial charge in [-0.15, -0.1) is 0 Å². The van der Waals surface area contributed by atoms with Crippen LogP contribution in [-0.2, 0) is 13.1 Å². The van der Waals surface area contributed by atoms with E-state index < -0.39 is 0 Å². The number of ether oxygens (including phenoxy) is 1. The highest BCUT2D eigenvalue weighted by Gasteiger charge is 2.06. The van der Waals surface area contributed by atoms with Gasteiger partial charge in [-0.2, -0.15) is 5.10 Å².